The molecule has 3 rings (SSSR count). The molecule has 3 heterocycles. The summed E-state index contributed by atoms with van der Waals surface area (Å²) in [4.78, 5) is 30.6. The highest BCUT2D eigenvalue weighted by Crippen LogP contribution is 2.18. The number of hydrogen-bond acceptors (Lipinski definition) is 4. The van der Waals surface area contributed by atoms with Crippen molar-refractivity contribution in [2.75, 3.05) is 7.11 Å². The predicted octanol–water partition coefficient (Wildman–Crippen LogP) is 2.00. The molecule has 0 saturated carbocycles. The van der Waals surface area contributed by atoms with Crippen molar-refractivity contribution in [2.24, 2.45) is 0 Å². The topological polar surface area (TPSA) is 76.5 Å². The van der Waals surface area contributed by atoms with Crippen LogP contribution in [0.1, 0.15) is 22.8 Å². The van der Waals surface area contributed by atoms with Crippen molar-refractivity contribution in [3.05, 3.63) is 52.6 Å². The van der Waals surface area contributed by atoms with Crippen molar-refractivity contribution >= 4 is 28.2 Å². The second-order valence-corrected chi connectivity index (χ2v) is 4.81. The Bertz CT molecular complexity index is 950. The van der Waals surface area contributed by atoms with E-state index in [0.29, 0.717) is 16.7 Å². The van der Waals surface area contributed by atoms with Gasteiger partial charge in [0.05, 0.1) is 18.2 Å². The quantitative estimate of drug-likeness (QED) is 0.730. The molecule has 0 fully saturated rings. The molecule has 21 heavy (non-hydrogen) atoms. The normalized spacial score (nSPS) is 11.0. The number of aromatic nitrogens is 3. The first-order valence-corrected chi connectivity index (χ1v) is 6.29. The van der Waals surface area contributed by atoms with Gasteiger partial charge in [0.1, 0.15) is 5.52 Å². The van der Waals surface area contributed by atoms with Crippen LogP contribution in [0.4, 0.5) is 0 Å². The van der Waals surface area contributed by atoms with Crippen LogP contribution >= 0.6 is 0 Å². The lowest BCUT2D eigenvalue weighted by atomic mass is 10.2. The van der Waals surface area contributed by atoms with Gasteiger partial charge in [-0.05, 0) is 30.2 Å². The second-order valence-electron chi connectivity index (χ2n) is 4.81. The van der Waals surface area contributed by atoms with Crippen LogP contribution in [0.3, 0.4) is 0 Å². The van der Waals surface area contributed by atoms with Gasteiger partial charge < -0.3 is 9.72 Å². The van der Waals surface area contributed by atoms with Crippen molar-refractivity contribution < 1.29 is 9.53 Å². The molecule has 0 aliphatic rings. The number of fused-ring (bicyclic) bond motifs is 3. The van der Waals surface area contributed by atoms with E-state index in [1.165, 1.54) is 13.3 Å². The number of aromatic amines is 1. The smallest absolute Gasteiger partial charge is 0.339 e. The average molecular weight is 283 g/mol. The van der Waals surface area contributed by atoms with Crippen LogP contribution in [0.5, 0.6) is 0 Å². The fraction of sp³-hybridized carbons (Fsp3) is 0.133. The lowest BCUT2D eigenvalue weighted by molar-refractivity contribution is 0.0600. The van der Waals surface area contributed by atoms with Gasteiger partial charge in [0.15, 0.2) is 5.65 Å². The van der Waals surface area contributed by atoms with E-state index >= 15 is 0 Å². The summed E-state index contributed by atoms with van der Waals surface area (Å²) in [6.45, 7) is 5.74. The van der Waals surface area contributed by atoms with Crippen LogP contribution in [0.25, 0.3) is 22.3 Å². The molecule has 0 spiro atoms. The summed E-state index contributed by atoms with van der Waals surface area (Å²) in [5.41, 5.74) is 3.28. The fourth-order valence-corrected chi connectivity index (χ4v) is 2.20. The van der Waals surface area contributed by atoms with Gasteiger partial charge in [-0.25, -0.2) is 9.78 Å². The van der Waals surface area contributed by atoms with Gasteiger partial charge >= 0.3 is 5.97 Å². The molecule has 0 saturated heterocycles. The molecule has 106 valence electrons. The van der Waals surface area contributed by atoms with Crippen LogP contribution < -0.4 is 5.56 Å². The summed E-state index contributed by atoms with van der Waals surface area (Å²) in [6.07, 6.45) is 3.23. The Morgan fingerprint density at radius 3 is 2.81 bits per heavy atom. The Balaban J connectivity index is 2.36. The molecule has 0 aromatic carbocycles. The van der Waals surface area contributed by atoms with Crippen LogP contribution in [0.2, 0.25) is 0 Å². The number of rotatable bonds is 2. The van der Waals surface area contributed by atoms with E-state index in [4.69, 9.17) is 0 Å². The molecule has 0 radical (unpaired) electrons. The molecular formula is C15H13N3O3. The molecule has 0 atom stereocenters. The first-order valence-electron chi connectivity index (χ1n) is 6.29. The first kappa shape index (κ1) is 13.1. The number of H-pyrrole nitrogens is 1. The zero-order valence-corrected chi connectivity index (χ0v) is 11.6. The maximum Gasteiger partial charge on any atom is 0.339 e. The van der Waals surface area contributed by atoms with Gasteiger partial charge in [-0.3, -0.25) is 9.20 Å². The summed E-state index contributed by atoms with van der Waals surface area (Å²) >= 11 is 0. The second kappa shape index (κ2) is 4.59. The molecule has 0 bridgehead atoms. The summed E-state index contributed by atoms with van der Waals surface area (Å²) in [5.74, 6) is -0.500. The van der Waals surface area contributed by atoms with Crippen molar-refractivity contribution in [1.82, 2.24) is 14.4 Å². The number of carbonyl (C=O) groups excluding carboxylic acids is 1. The minimum Gasteiger partial charge on any atom is -0.465 e. The standard InChI is InChI=1S/C15H13N3O3/c1-8(2)10-5-12-14(19)17-11-4-9(15(20)21-3)6-16-13(11)18(12)7-10/h4-7H,1H2,2-3H3,(H,17,19). The number of methoxy groups -OCH3 is 1. The van der Waals surface area contributed by atoms with E-state index in [0.717, 1.165) is 11.1 Å². The highest BCUT2D eigenvalue weighted by molar-refractivity contribution is 5.92. The Kier molecular flexibility index (Phi) is 2.86. The number of nitrogens with zero attached hydrogens (tertiary/aromatic N) is 2. The number of esters is 1. The molecule has 0 aliphatic carbocycles. The van der Waals surface area contributed by atoms with Crippen LogP contribution in [0.15, 0.2) is 35.9 Å². The van der Waals surface area contributed by atoms with Crippen molar-refractivity contribution in [2.45, 2.75) is 6.92 Å². The molecule has 3 aromatic heterocycles. The summed E-state index contributed by atoms with van der Waals surface area (Å²) in [5, 5.41) is 0. The summed E-state index contributed by atoms with van der Waals surface area (Å²) < 4.78 is 6.34. The number of allylic oxidation sites excluding steroid dienone is 1. The summed E-state index contributed by atoms with van der Waals surface area (Å²) in [7, 11) is 1.30. The SMILES string of the molecule is C=C(C)c1cc2c(=O)[nH]c3cc(C(=O)OC)cnc3n2c1. The van der Waals surface area contributed by atoms with E-state index in [1.807, 2.05) is 6.92 Å². The van der Waals surface area contributed by atoms with Gasteiger partial charge in [-0.15, -0.1) is 0 Å². The lowest BCUT2D eigenvalue weighted by Gasteiger charge is -2.03. The van der Waals surface area contributed by atoms with Crippen LogP contribution in [-0.2, 0) is 4.74 Å². The van der Waals surface area contributed by atoms with Gasteiger partial charge in [-0.2, -0.15) is 0 Å². The third-order valence-electron chi connectivity index (χ3n) is 3.31. The molecule has 0 amide bonds. The van der Waals surface area contributed by atoms with Crippen LogP contribution in [0, 0.1) is 0 Å². The van der Waals surface area contributed by atoms with E-state index < -0.39 is 5.97 Å². The molecular weight excluding hydrogens is 270 g/mol. The Labute approximate surface area is 119 Å². The van der Waals surface area contributed by atoms with E-state index in [1.54, 1.807) is 22.7 Å². The molecule has 0 unspecified atom stereocenters. The van der Waals surface area contributed by atoms with Crippen LogP contribution in [-0.4, -0.2) is 27.4 Å². The highest BCUT2D eigenvalue weighted by atomic mass is 16.5. The zero-order valence-electron chi connectivity index (χ0n) is 11.6. The third-order valence-corrected chi connectivity index (χ3v) is 3.31. The van der Waals surface area contributed by atoms with Gasteiger partial charge in [-0.1, -0.05) is 6.58 Å². The Morgan fingerprint density at radius 2 is 2.14 bits per heavy atom. The average Bonchev–Trinajstić information content (AvgIpc) is 2.92. The van der Waals surface area contributed by atoms with Crippen molar-refractivity contribution in [3.63, 3.8) is 0 Å². The largest absolute Gasteiger partial charge is 0.465 e. The van der Waals surface area contributed by atoms with Gasteiger partial charge in [0.25, 0.3) is 5.56 Å². The number of nitrogens with one attached hydrogen (secondary N) is 1. The van der Waals surface area contributed by atoms with Crippen molar-refractivity contribution in [3.8, 4) is 0 Å². The van der Waals surface area contributed by atoms with E-state index in [-0.39, 0.29) is 11.1 Å². The molecule has 1 N–H and O–H groups in total. The third kappa shape index (κ3) is 2.01. The number of carbonyl (C=O) groups is 1. The molecule has 6 nitrogen and oxygen atoms in total. The number of ether oxygens (including phenoxy) is 1. The minimum atomic E-state index is -0.500. The fourth-order valence-electron chi connectivity index (χ4n) is 2.20. The number of pyridine rings is 1. The zero-order chi connectivity index (χ0) is 15.1. The predicted molar refractivity (Wildman–Crippen MR) is 79.4 cm³/mol. The Morgan fingerprint density at radius 1 is 1.38 bits per heavy atom. The van der Waals surface area contributed by atoms with Gasteiger partial charge in [0, 0.05) is 12.4 Å². The van der Waals surface area contributed by atoms with E-state index in [2.05, 4.69) is 21.3 Å². The molecule has 0 aliphatic heterocycles. The monoisotopic (exact) mass is 283 g/mol. The van der Waals surface area contributed by atoms with Gasteiger partial charge in [0.2, 0.25) is 0 Å². The summed E-state index contributed by atoms with van der Waals surface area (Å²) in [6, 6.07) is 3.31. The number of hydrogen-bond donors (Lipinski definition) is 1. The van der Waals surface area contributed by atoms with E-state index in [9.17, 15) is 9.59 Å². The van der Waals surface area contributed by atoms with Crippen molar-refractivity contribution in [1.29, 1.82) is 0 Å². The molecule has 3 aromatic rings. The highest BCUT2D eigenvalue weighted by Gasteiger charge is 2.12. The minimum absolute atomic E-state index is 0.251. The Hall–Kier alpha value is -2.89. The maximum absolute atomic E-state index is 12.1. The molecule has 6 heteroatoms. The lowest BCUT2D eigenvalue weighted by Crippen LogP contribution is -2.11. The first-order chi connectivity index (χ1) is 10.0. The maximum atomic E-state index is 12.1.